The van der Waals surface area contributed by atoms with E-state index in [1.807, 2.05) is 49.1 Å². The van der Waals surface area contributed by atoms with Gasteiger partial charge >= 0.3 is 5.97 Å². The summed E-state index contributed by atoms with van der Waals surface area (Å²) in [6.45, 7) is 10.9. The highest BCUT2D eigenvalue weighted by atomic mass is 35.5. The molecule has 1 saturated heterocycles. The smallest absolute Gasteiger partial charge is 0.355 e. The van der Waals surface area contributed by atoms with Gasteiger partial charge < -0.3 is 14.4 Å². The average molecular weight is 552 g/mol. The number of aromatic nitrogens is 2. The van der Waals surface area contributed by atoms with Crippen molar-refractivity contribution >= 4 is 45.9 Å². The highest BCUT2D eigenvalue weighted by Crippen LogP contribution is 2.40. The van der Waals surface area contributed by atoms with Crippen LogP contribution in [0.3, 0.4) is 0 Å². The molecular formula is C29H30ClN3O4S. The van der Waals surface area contributed by atoms with Crippen molar-refractivity contribution < 1.29 is 19.1 Å². The van der Waals surface area contributed by atoms with Gasteiger partial charge in [0, 0.05) is 45.6 Å². The van der Waals surface area contributed by atoms with Gasteiger partial charge in [0.25, 0.3) is 5.91 Å². The number of carbonyl (C=O) groups is 2. The van der Waals surface area contributed by atoms with E-state index in [2.05, 4.69) is 25.8 Å². The van der Waals surface area contributed by atoms with E-state index in [4.69, 9.17) is 21.0 Å². The molecule has 1 aliphatic rings. The van der Waals surface area contributed by atoms with E-state index in [0.29, 0.717) is 35.5 Å². The number of carboxylic acid groups (broad SMARTS) is 1. The van der Waals surface area contributed by atoms with Crippen LogP contribution in [-0.4, -0.2) is 43.9 Å². The first kappa shape index (κ1) is 26.4. The van der Waals surface area contributed by atoms with E-state index >= 15 is 0 Å². The number of nitrogens with zero attached hydrogens (tertiary/aromatic N) is 3. The van der Waals surface area contributed by atoms with Gasteiger partial charge in [0.05, 0.1) is 10.7 Å². The monoisotopic (exact) mass is 551 g/mol. The first-order chi connectivity index (χ1) is 17.8. The molecule has 0 saturated carbocycles. The predicted octanol–water partition coefficient (Wildman–Crippen LogP) is 7.40. The first-order valence-corrected chi connectivity index (χ1v) is 13.8. The molecule has 1 unspecified atom stereocenters. The third-order valence-corrected chi connectivity index (χ3v) is 8.41. The number of pyridine rings is 1. The minimum atomic E-state index is -1.02. The van der Waals surface area contributed by atoms with Crippen LogP contribution in [0.4, 0.5) is 0 Å². The molecule has 0 aliphatic carbocycles. The first-order valence-electron chi connectivity index (χ1n) is 12.6. The van der Waals surface area contributed by atoms with Crippen molar-refractivity contribution in [2.45, 2.75) is 64.3 Å². The topological polar surface area (TPSA) is 96.5 Å². The number of aromatic carboxylic acids is 1. The van der Waals surface area contributed by atoms with Gasteiger partial charge in [-0.25, -0.2) is 14.8 Å². The highest BCUT2D eigenvalue weighted by Gasteiger charge is 2.40. The van der Waals surface area contributed by atoms with Crippen molar-refractivity contribution in [3.05, 3.63) is 68.8 Å². The number of hydrogen-bond acceptors (Lipinski definition) is 6. The average Bonchev–Trinajstić information content (AvgIpc) is 3.50. The summed E-state index contributed by atoms with van der Waals surface area (Å²) in [4.78, 5) is 36.0. The number of thiazole rings is 1. The van der Waals surface area contributed by atoms with E-state index in [0.717, 1.165) is 21.8 Å². The van der Waals surface area contributed by atoms with Gasteiger partial charge in [0.2, 0.25) is 0 Å². The Bertz CT molecular complexity index is 1530. The number of hydrogen-bond donors (Lipinski definition) is 1. The number of halogens is 1. The molecule has 3 aromatic heterocycles. The Morgan fingerprint density at radius 1 is 1.16 bits per heavy atom. The number of rotatable bonds is 4. The molecule has 0 radical (unpaired) electrons. The number of carboxylic acids is 1. The summed E-state index contributed by atoms with van der Waals surface area (Å²) in [5, 5.41) is 12.3. The van der Waals surface area contributed by atoms with E-state index in [1.165, 1.54) is 11.3 Å². The van der Waals surface area contributed by atoms with E-state index in [1.54, 1.807) is 11.4 Å². The molecule has 7 nitrogen and oxygen atoms in total. The summed E-state index contributed by atoms with van der Waals surface area (Å²) < 4.78 is 6.23. The Labute approximate surface area is 230 Å². The summed E-state index contributed by atoms with van der Waals surface area (Å²) in [6, 6.07) is 11.3. The summed E-state index contributed by atoms with van der Waals surface area (Å²) in [5.74, 6) is -0.837. The maximum Gasteiger partial charge on any atom is 0.355 e. The summed E-state index contributed by atoms with van der Waals surface area (Å²) in [7, 11) is 0. The van der Waals surface area contributed by atoms with Crippen LogP contribution < -0.4 is 0 Å². The number of likely N-dealkylation sites (tertiary alicyclic amines) is 1. The summed E-state index contributed by atoms with van der Waals surface area (Å²) in [5.41, 5.74) is 3.34. The van der Waals surface area contributed by atoms with Gasteiger partial charge in [0.15, 0.2) is 17.0 Å². The number of furan rings is 1. The number of amides is 1. The van der Waals surface area contributed by atoms with Crippen molar-refractivity contribution in [3.8, 4) is 11.3 Å². The second-order valence-electron chi connectivity index (χ2n) is 11.5. The third kappa shape index (κ3) is 4.95. The third-order valence-electron chi connectivity index (χ3n) is 7.15. The van der Waals surface area contributed by atoms with Gasteiger partial charge in [-0.3, -0.25) is 4.79 Å². The lowest BCUT2D eigenvalue weighted by atomic mass is 9.82. The second-order valence-corrected chi connectivity index (χ2v) is 12.8. The quantitative estimate of drug-likeness (QED) is 0.284. The molecule has 38 heavy (non-hydrogen) atoms. The van der Waals surface area contributed by atoms with Crippen molar-refractivity contribution in [1.29, 1.82) is 0 Å². The fourth-order valence-electron chi connectivity index (χ4n) is 5.15. The van der Waals surface area contributed by atoms with Crippen LogP contribution in [-0.2, 0) is 5.41 Å². The lowest BCUT2D eigenvalue weighted by molar-refractivity contribution is 0.0366. The standard InChI is InChI=1S/C29H30ClN3O4S/c1-28(2,3)19-12-20(16-6-8-18(30)9-7-16)31-21-13-23(37-24(19)21)26(34)33-11-10-17(14-29(33,4)5)25-32-22(15-38-25)27(35)36/h6-9,12-13,15,17H,10-11,14H2,1-5H3,(H,35,36). The van der Waals surface area contributed by atoms with Gasteiger partial charge in [-0.15, -0.1) is 11.3 Å². The molecule has 9 heteroatoms. The zero-order valence-electron chi connectivity index (χ0n) is 22.0. The van der Waals surface area contributed by atoms with Gasteiger partial charge in [-0.05, 0) is 50.3 Å². The van der Waals surface area contributed by atoms with Crippen molar-refractivity contribution in [2.75, 3.05) is 6.54 Å². The largest absolute Gasteiger partial charge is 0.476 e. The molecule has 5 rings (SSSR count). The van der Waals surface area contributed by atoms with E-state index < -0.39 is 11.5 Å². The van der Waals surface area contributed by atoms with Crippen molar-refractivity contribution in [1.82, 2.24) is 14.9 Å². The van der Waals surface area contributed by atoms with Crippen LogP contribution in [0.15, 0.2) is 46.2 Å². The molecule has 4 heterocycles. The van der Waals surface area contributed by atoms with Crippen LogP contribution in [0.1, 0.15) is 85.0 Å². The second kappa shape index (κ2) is 9.50. The molecule has 198 valence electrons. The fraction of sp³-hybridized carbons (Fsp3) is 0.379. The Morgan fingerprint density at radius 2 is 1.87 bits per heavy atom. The van der Waals surface area contributed by atoms with Gasteiger partial charge in [-0.1, -0.05) is 44.5 Å². The minimum Gasteiger partial charge on any atom is -0.476 e. The molecule has 1 aromatic carbocycles. The minimum absolute atomic E-state index is 0.0729. The van der Waals surface area contributed by atoms with E-state index in [9.17, 15) is 14.7 Å². The molecule has 1 N–H and O–H groups in total. The van der Waals surface area contributed by atoms with Crippen molar-refractivity contribution in [2.24, 2.45) is 0 Å². The SMILES string of the molecule is CC(C)(C)c1cc(-c2ccc(Cl)cc2)nc2cc(C(=O)N3CCC(c4nc(C(=O)O)cs4)CC3(C)C)oc12. The lowest BCUT2D eigenvalue weighted by Gasteiger charge is -2.44. The maximum absolute atomic E-state index is 13.8. The van der Waals surface area contributed by atoms with Crippen LogP contribution in [0.25, 0.3) is 22.4 Å². The molecule has 1 atom stereocenters. The molecule has 1 fully saturated rings. The Hall–Kier alpha value is -3.23. The number of benzene rings is 1. The molecule has 0 spiro atoms. The number of piperidine rings is 1. The fourth-order valence-corrected chi connectivity index (χ4v) is 6.21. The molecule has 1 aliphatic heterocycles. The normalized spacial score (nSPS) is 17.6. The highest BCUT2D eigenvalue weighted by molar-refractivity contribution is 7.09. The van der Waals surface area contributed by atoms with Crippen LogP contribution in [0, 0.1) is 0 Å². The predicted molar refractivity (Wildman–Crippen MR) is 149 cm³/mol. The zero-order valence-corrected chi connectivity index (χ0v) is 23.6. The zero-order chi connectivity index (χ0) is 27.4. The molecular weight excluding hydrogens is 522 g/mol. The van der Waals surface area contributed by atoms with Gasteiger partial charge in [0.1, 0.15) is 5.52 Å². The van der Waals surface area contributed by atoms with Crippen LogP contribution >= 0.6 is 22.9 Å². The molecule has 1 amide bonds. The Kier molecular flexibility index (Phi) is 6.60. The van der Waals surface area contributed by atoms with Gasteiger partial charge in [-0.2, -0.15) is 0 Å². The van der Waals surface area contributed by atoms with Crippen LogP contribution in [0.5, 0.6) is 0 Å². The summed E-state index contributed by atoms with van der Waals surface area (Å²) >= 11 is 7.46. The lowest BCUT2D eigenvalue weighted by Crippen LogP contribution is -2.52. The Balaban J connectivity index is 1.46. The Morgan fingerprint density at radius 3 is 2.47 bits per heavy atom. The molecule has 0 bridgehead atoms. The van der Waals surface area contributed by atoms with E-state index in [-0.39, 0.29) is 28.7 Å². The number of carbonyl (C=O) groups excluding carboxylic acids is 1. The summed E-state index contributed by atoms with van der Waals surface area (Å²) in [6.07, 6.45) is 1.38. The van der Waals surface area contributed by atoms with Crippen molar-refractivity contribution in [3.63, 3.8) is 0 Å². The molecule has 4 aromatic rings. The number of fused-ring (bicyclic) bond motifs is 1. The van der Waals surface area contributed by atoms with Crippen LogP contribution in [0.2, 0.25) is 5.02 Å². The maximum atomic E-state index is 13.8.